The summed E-state index contributed by atoms with van der Waals surface area (Å²) in [4.78, 5) is 9.65. The average Bonchev–Trinajstić information content (AvgIpc) is 3.32. The van der Waals surface area contributed by atoms with Gasteiger partial charge in [-0.3, -0.25) is 9.88 Å². The van der Waals surface area contributed by atoms with Gasteiger partial charge in [0.1, 0.15) is 11.5 Å². The summed E-state index contributed by atoms with van der Waals surface area (Å²) in [7, 11) is 0. The van der Waals surface area contributed by atoms with Gasteiger partial charge in [-0.2, -0.15) is 0 Å². The fourth-order valence-corrected chi connectivity index (χ4v) is 4.86. The number of anilines is 1. The molecule has 5 rings (SSSR count). The van der Waals surface area contributed by atoms with Crippen molar-refractivity contribution >= 4 is 5.69 Å². The van der Waals surface area contributed by atoms with Crippen LogP contribution in [0.15, 0.2) is 48.8 Å². The Labute approximate surface area is 143 Å². The topological polar surface area (TPSA) is 28.6 Å². The SMILES string of the molecule is c1ccc(Oc2cncc(N3CCC4(C[C@H]5CCN4C5)C3)c2)cc1. The second-order valence-corrected chi connectivity index (χ2v) is 7.49. The third-order valence-corrected chi connectivity index (χ3v) is 6.00. The molecular formula is C20H23N3O. The Kier molecular flexibility index (Phi) is 3.27. The van der Waals surface area contributed by atoms with Crippen LogP contribution >= 0.6 is 0 Å². The van der Waals surface area contributed by atoms with Crippen molar-refractivity contribution < 1.29 is 4.74 Å². The molecule has 0 saturated carbocycles. The minimum Gasteiger partial charge on any atom is -0.456 e. The Morgan fingerprint density at radius 2 is 2.00 bits per heavy atom. The molecule has 3 atom stereocenters. The van der Waals surface area contributed by atoms with Crippen LogP contribution < -0.4 is 9.64 Å². The van der Waals surface area contributed by atoms with Crippen LogP contribution in [0.4, 0.5) is 5.69 Å². The molecule has 3 fully saturated rings. The Hall–Kier alpha value is -2.07. The molecule has 1 aromatic carbocycles. The van der Waals surface area contributed by atoms with E-state index in [-0.39, 0.29) is 0 Å². The predicted molar refractivity (Wildman–Crippen MR) is 94.6 cm³/mol. The molecule has 1 aromatic heterocycles. The molecule has 2 aromatic rings. The van der Waals surface area contributed by atoms with Crippen LogP contribution in [0.25, 0.3) is 0 Å². The van der Waals surface area contributed by atoms with Gasteiger partial charge in [0.25, 0.3) is 0 Å². The van der Waals surface area contributed by atoms with E-state index in [2.05, 4.69) is 20.9 Å². The Morgan fingerprint density at radius 3 is 2.79 bits per heavy atom. The maximum atomic E-state index is 5.95. The molecule has 24 heavy (non-hydrogen) atoms. The van der Waals surface area contributed by atoms with Crippen molar-refractivity contribution in [3.63, 3.8) is 0 Å². The molecular weight excluding hydrogens is 298 g/mol. The number of aromatic nitrogens is 1. The number of pyridine rings is 1. The van der Waals surface area contributed by atoms with Gasteiger partial charge in [-0.15, -0.1) is 0 Å². The molecule has 3 aliphatic rings. The van der Waals surface area contributed by atoms with Gasteiger partial charge in [0.15, 0.2) is 0 Å². The number of nitrogens with zero attached hydrogens (tertiary/aromatic N) is 3. The largest absolute Gasteiger partial charge is 0.456 e. The maximum Gasteiger partial charge on any atom is 0.147 e. The lowest BCUT2D eigenvalue weighted by molar-refractivity contribution is 0.155. The van der Waals surface area contributed by atoms with E-state index in [9.17, 15) is 0 Å². The molecule has 0 N–H and O–H groups in total. The van der Waals surface area contributed by atoms with E-state index in [1.807, 2.05) is 36.5 Å². The van der Waals surface area contributed by atoms with Crippen LogP contribution in [0, 0.1) is 5.92 Å². The quantitative estimate of drug-likeness (QED) is 0.864. The van der Waals surface area contributed by atoms with Crippen LogP contribution in [0.2, 0.25) is 0 Å². The van der Waals surface area contributed by atoms with E-state index in [0.717, 1.165) is 30.5 Å². The summed E-state index contributed by atoms with van der Waals surface area (Å²) < 4.78 is 5.95. The number of rotatable bonds is 3. The zero-order valence-corrected chi connectivity index (χ0v) is 13.9. The Morgan fingerprint density at radius 1 is 1.08 bits per heavy atom. The van der Waals surface area contributed by atoms with Crippen LogP contribution in [0.5, 0.6) is 11.5 Å². The zero-order chi connectivity index (χ0) is 16.0. The van der Waals surface area contributed by atoms with Gasteiger partial charge in [0, 0.05) is 31.2 Å². The van der Waals surface area contributed by atoms with E-state index in [4.69, 9.17) is 4.74 Å². The van der Waals surface area contributed by atoms with E-state index in [1.165, 1.54) is 38.0 Å². The molecule has 0 aliphatic carbocycles. The highest BCUT2D eigenvalue weighted by Crippen LogP contribution is 2.46. The second kappa shape index (κ2) is 5.49. The van der Waals surface area contributed by atoms with Crippen LogP contribution in [0.1, 0.15) is 19.3 Å². The summed E-state index contributed by atoms with van der Waals surface area (Å²) in [5.41, 5.74) is 1.61. The first-order valence-electron chi connectivity index (χ1n) is 8.99. The lowest BCUT2D eigenvalue weighted by atomic mass is 9.87. The molecule has 0 radical (unpaired) electrons. The third-order valence-electron chi connectivity index (χ3n) is 6.00. The van der Waals surface area contributed by atoms with E-state index >= 15 is 0 Å². The zero-order valence-electron chi connectivity index (χ0n) is 13.9. The van der Waals surface area contributed by atoms with Crippen LogP contribution in [-0.4, -0.2) is 41.6 Å². The molecule has 4 heterocycles. The number of para-hydroxylation sites is 1. The Bertz CT molecular complexity index is 735. The van der Waals surface area contributed by atoms with Crippen molar-refractivity contribution in [2.24, 2.45) is 5.92 Å². The van der Waals surface area contributed by atoms with Crippen molar-refractivity contribution in [3.05, 3.63) is 48.8 Å². The summed E-state index contributed by atoms with van der Waals surface area (Å²) >= 11 is 0. The van der Waals surface area contributed by atoms with Crippen LogP contribution in [0.3, 0.4) is 0 Å². The predicted octanol–water partition coefficient (Wildman–Crippen LogP) is 3.55. The molecule has 4 nitrogen and oxygen atoms in total. The van der Waals surface area contributed by atoms with E-state index < -0.39 is 0 Å². The number of ether oxygens (including phenoxy) is 1. The maximum absolute atomic E-state index is 5.95. The van der Waals surface area contributed by atoms with Gasteiger partial charge >= 0.3 is 0 Å². The van der Waals surface area contributed by atoms with Crippen molar-refractivity contribution in [1.82, 2.24) is 9.88 Å². The normalized spacial score (nSPS) is 31.1. The van der Waals surface area contributed by atoms with Crippen LogP contribution in [-0.2, 0) is 0 Å². The van der Waals surface area contributed by atoms with E-state index in [0.29, 0.717) is 5.54 Å². The molecule has 4 heteroatoms. The minimum atomic E-state index is 0.430. The van der Waals surface area contributed by atoms with Gasteiger partial charge in [-0.25, -0.2) is 0 Å². The fourth-order valence-electron chi connectivity index (χ4n) is 4.86. The van der Waals surface area contributed by atoms with Gasteiger partial charge in [0.2, 0.25) is 0 Å². The first-order valence-corrected chi connectivity index (χ1v) is 8.99. The number of hydrogen-bond donors (Lipinski definition) is 0. The first-order chi connectivity index (χ1) is 11.8. The molecule has 0 amide bonds. The number of benzene rings is 1. The third kappa shape index (κ3) is 2.37. The van der Waals surface area contributed by atoms with Crippen molar-refractivity contribution in [1.29, 1.82) is 0 Å². The highest BCUT2D eigenvalue weighted by atomic mass is 16.5. The molecule has 124 valence electrons. The standard InChI is InChI=1S/C20H23N3O/c1-2-4-18(5-3-1)24-19-10-17(12-21-13-19)22-9-7-20(15-22)11-16-6-8-23(20)14-16/h1-5,10,12-13,16H,6-9,11,14-15H2/t16-,20?/m1/s1. The van der Waals surface area contributed by atoms with Crippen molar-refractivity contribution in [2.75, 3.05) is 31.1 Å². The first kappa shape index (κ1) is 14.3. The second-order valence-electron chi connectivity index (χ2n) is 7.49. The van der Waals surface area contributed by atoms with E-state index in [1.54, 1.807) is 6.20 Å². The number of hydrogen-bond acceptors (Lipinski definition) is 4. The summed E-state index contributed by atoms with van der Waals surface area (Å²) in [6.45, 7) is 4.89. The highest BCUT2D eigenvalue weighted by molar-refractivity contribution is 5.51. The van der Waals surface area contributed by atoms with Gasteiger partial charge in [0.05, 0.1) is 18.1 Å². The van der Waals surface area contributed by atoms with Crippen molar-refractivity contribution in [3.8, 4) is 11.5 Å². The summed E-state index contributed by atoms with van der Waals surface area (Å²) in [5, 5.41) is 0. The fraction of sp³-hybridized carbons (Fsp3) is 0.450. The lowest BCUT2D eigenvalue weighted by Crippen LogP contribution is -2.46. The highest BCUT2D eigenvalue weighted by Gasteiger charge is 2.52. The Balaban J connectivity index is 1.34. The number of fused-ring (bicyclic) bond motifs is 3. The summed E-state index contributed by atoms with van der Waals surface area (Å²) in [5.74, 6) is 2.61. The molecule has 3 aliphatic heterocycles. The minimum absolute atomic E-state index is 0.430. The molecule has 2 bridgehead atoms. The average molecular weight is 321 g/mol. The summed E-state index contributed by atoms with van der Waals surface area (Å²) in [6, 6.07) is 12.0. The smallest absolute Gasteiger partial charge is 0.147 e. The molecule has 1 spiro atoms. The molecule has 2 unspecified atom stereocenters. The van der Waals surface area contributed by atoms with Gasteiger partial charge in [-0.05, 0) is 43.9 Å². The van der Waals surface area contributed by atoms with Gasteiger partial charge < -0.3 is 9.64 Å². The monoisotopic (exact) mass is 321 g/mol. The lowest BCUT2D eigenvalue weighted by Gasteiger charge is -2.36. The molecule has 3 saturated heterocycles. The number of piperidine rings is 1. The van der Waals surface area contributed by atoms with Gasteiger partial charge in [-0.1, -0.05) is 18.2 Å². The summed E-state index contributed by atoms with van der Waals surface area (Å²) in [6.07, 6.45) is 7.84. The van der Waals surface area contributed by atoms with Crippen molar-refractivity contribution in [2.45, 2.75) is 24.8 Å².